The van der Waals surface area contributed by atoms with Gasteiger partial charge < -0.3 is 23.4 Å². The van der Waals surface area contributed by atoms with Gasteiger partial charge in [0.1, 0.15) is 17.6 Å². The average Bonchev–Trinajstić information content (AvgIpc) is 2.72. The Balaban J connectivity index is 1.85. The average molecular weight is 398 g/mol. The maximum Gasteiger partial charge on any atom is 0.347 e. The van der Waals surface area contributed by atoms with E-state index < -0.39 is 12.1 Å². The second kappa shape index (κ2) is 9.14. The van der Waals surface area contributed by atoms with Crippen molar-refractivity contribution in [2.24, 2.45) is 0 Å². The Morgan fingerprint density at radius 2 is 1.79 bits per heavy atom. The molecule has 1 atom stereocenters. The number of rotatable bonds is 8. The number of hydrogen-bond donors (Lipinski definition) is 0. The van der Waals surface area contributed by atoms with E-state index in [1.54, 1.807) is 50.2 Å². The molecule has 3 aromatic rings. The van der Waals surface area contributed by atoms with E-state index in [0.29, 0.717) is 34.8 Å². The third kappa shape index (κ3) is 4.68. The summed E-state index contributed by atoms with van der Waals surface area (Å²) >= 11 is 0. The minimum Gasteiger partial charge on any atom is -0.490 e. The zero-order valence-electron chi connectivity index (χ0n) is 16.5. The number of hydrogen-bond acceptors (Lipinski definition) is 7. The summed E-state index contributed by atoms with van der Waals surface area (Å²) in [6, 6.07) is 11.8. The molecule has 3 rings (SSSR count). The fourth-order valence-electron chi connectivity index (χ4n) is 2.67. The molecule has 2 aromatic carbocycles. The number of ether oxygens (including phenoxy) is 4. The molecule has 0 radical (unpaired) electrons. The molecule has 0 fully saturated rings. The predicted molar refractivity (Wildman–Crippen MR) is 107 cm³/mol. The van der Waals surface area contributed by atoms with E-state index in [-0.39, 0.29) is 17.8 Å². The van der Waals surface area contributed by atoms with Crippen LogP contribution < -0.4 is 19.6 Å². The molecule has 1 heterocycles. The van der Waals surface area contributed by atoms with Crippen LogP contribution in [0.1, 0.15) is 20.8 Å². The Morgan fingerprint density at radius 1 is 1.03 bits per heavy atom. The van der Waals surface area contributed by atoms with Crippen molar-refractivity contribution in [2.75, 3.05) is 13.2 Å². The standard InChI is InChI=1S/C22H22O7/c1-4-25-17-8-6-7-9-18(17)29-20-13-27-19-12-15(10-11-16(19)21(20)23)28-14(3)22(24)26-5-2/h6-14H,4-5H2,1-3H3. The van der Waals surface area contributed by atoms with Crippen LogP contribution in [0.5, 0.6) is 23.0 Å². The number of carbonyl (C=O) groups excluding carboxylic acids is 1. The second-order valence-electron chi connectivity index (χ2n) is 6.08. The van der Waals surface area contributed by atoms with Crippen molar-refractivity contribution in [2.45, 2.75) is 26.9 Å². The SMILES string of the molecule is CCOC(=O)C(C)Oc1ccc2c(=O)c(Oc3ccccc3OCC)coc2c1. The van der Waals surface area contributed by atoms with Crippen LogP contribution in [0, 0.1) is 0 Å². The first-order valence-electron chi connectivity index (χ1n) is 9.32. The minimum absolute atomic E-state index is 0.0400. The predicted octanol–water partition coefficient (Wildman–Crippen LogP) is 4.31. The van der Waals surface area contributed by atoms with Gasteiger partial charge in [0.15, 0.2) is 17.6 Å². The van der Waals surface area contributed by atoms with E-state index in [1.807, 2.05) is 13.0 Å². The number of para-hydroxylation sites is 2. The largest absolute Gasteiger partial charge is 0.490 e. The van der Waals surface area contributed by atoms with Gasteiger partial charge in [-0.1, -0.05) is 12.1 Å². The zero-order chi connectivity index (χ0) is 20.8. The van der Waals surface area contributed by atoms with Crippen LogP contribution >= 0.6 is 0 Å². The highest BCUT2D eigenvalue weighted by molar-refractivity contribution is 5.79. The summed E-state index contributed by atoms with van der Waals surface area (Å²) in [6.45, 7) is 5.92. The van der Waals surface area contributed by atoms with Gasteiger partial charge in [-0.3, -0.25) is 4.79 Å². The molecule has 0 bridgehead atoms. The molecule has 1 unspecified atom stereocenters. The van der Waals surface area contributed by atoms with Crippen LogP contribution in [-0.2, 0) is 9.53 Å². The van der Waals surface area contributed by atoms with Gasteiger partial charge in [-0.05, 0) is 45.0 Å². The van der Waals surface area contributed by atoms with Crippen LogP contribution in [0.15, 0.2) is 57.9 Å². The van der Waals surface area contributed by atoms with Crippen LogP contribution in [0.4, 0.5) is 0 Å². The van der Waals surface area contributed by atoms with Gasteiger partial charge in [-0.2, -0.15) is 0 Å². The number of carbonyl (C=O) groups is 1. The van der Waals surface area contributed by atoms with Gasteiger partial charge in [0.25, 0.3) is 0 Å². The third-order valence-electron chi connectivity index (χ3n) is 4.01. The summed E-state index contributed by atoms with van der Waals surface area (Å²) in [6.07, 6.45) is 0.461. The van der Waals surface area contributed by atoms with Crippen LogP contribution in [0.2, 0.25) is 0 Å². The fraction of sp³-hybridized carbons (Fsp3) is 0.273. The summed E-state index contributed by atoms with van der Waals surface area (Å²) < 4.78 is 27.3. The quantitative estimate of drug-likeness (QED) is 0.523. The van der Waals surface area contributed by atoms with Gasteiger partial charge in [-0.15, -0.1) is 0 Å². The summed E-state index contributed by atoms with van der Waals surface area (Å²) in [4.78, 5) is 24.5. The Bertz CT molecular complexity index is 1050. The molecule has 29 heavy (non-hydrogen) atoms. The molecule has 0 saturated carbocycles. The normalized spacial score (nSPS) is 11.7. The topological polar surface area (TPSA) is 84.2 Å². The molecule has 0 aliphatic rings. The number of fused-ring (bicyclic) bond motifs is 1. The van der Waals surface area contributed by atoms with E-state index >= 15 is 0 Å². The lowest BCUT2D eigenvalue weighted by Crippen LogP contribution is -2.26. The molecule has 0 aliphatic heterocycles. The second-order valence-corrected chi connectivity index (χ2v) is 6.08. The summed E-state index contributed by atoms with van der Waals surface area (Å²) in [5.74, 6) is 0.913. The molecule has 152 valence electrons. The highest BCUT2D eigenvalue weighted by Crippen LogP contribution is 2.31. The lowest BCUT2D eigenvalue weighted by Gasteiger charge is -2.14. The Morgan fingerprint density at radius 3 is 2.52 bits per heavy atom. The molecule has 0 N–H and O–H groups in total. The molecule has 0 aliphatic carbocycles. The molecule has 0 saturated heterocycles. The van der Waals surface area contributed by atoms with Crippen LogP contribution in [-0.4, -0.2) is 25.3 Å². The highest BCUT2D eigenvalue weighted by Gasteiger charge is 2.17. The Hall–Kier alpha value is -3.48. The lowest BCUT2D eigenvalue weighted by molar-refractivity contribution is -0.150. The maximum atomic E-state index is 12.8. The fourth-order valence-corrected chi connectivity index (χ4v) is 2.67. The van der Waals surface area contributed by atoms with E-state index in [9.17, 15) is 9.59 Å². The maximum absolute atomic E-state index is 12.8. The first-order valence-corrected chi connectivity index (χ1v) is 9.32. The summed E-state index contributed by atoms with van der Waals surface area (Å²) in [5, 5.41) is 0.326. The van der Waals surface area contributed by atoms with Crippen molar-refractivity contribution >= 4 is 16.9 Å². The van der Waals surface area contributed by atoms with Gasteiger partial charge in [0.05, 0.1) is 18.6 Å². The number of benzene rings is 2. The van der Waals surface area contributed by atoms with E-state index in [1.165, 1.54) is 6.26 Å². The lowest BCUT2D eigenvalue weighted by atomic mass is 10.2. The summed E-state index contributed by atoms with van der Waals surface area (Å²) in [7, 11) is 0. The van der Waals surface area contributed by atoms with E-state index in [4.69, 9.17) is 23.4 Å². The Kier molecular flexibility index (Phi) is 6.39. The van der Waals surface area contributed by atoms with Crippen LogP contribution in [0.3, 0.4) is 0 Å². The van der Waals surface area contributed by atoms with Gasteiger partial charge >= 0.3 is 5.97 Å². The van der Waals surface area contributed by atoms with Gasteiger partial charge in [0.2, 0.25) is 11.2 Å². The number of esters is 1. The van der Waals surface area contributed by atoms with E-state index in [0.717, 1.165) is 0 Å². The molecular weight excluding hydrogens is 376 g/mol. The van der Waals surface area contributed by atoms with Gasteiger partial charge in [0, 0.05) is 6.07 Å². The minimum atomic E-state index is -0.781. The van der Waals surface area contributed by atoms with Crippen molar-refractivity contribution in [1.29, 1.82) is 0 Å². The van der Waals surface area contributed by atoms with Gasteiger partial charge in [-0.25, -0.2) is 4.79 Å². The van der Waals surface area contributed by atoms with Crippen molar-refractivity contribution in [3.8, 4) is 23.0 Å². The molecule has 7 heteroatoms. The first kappa shape index (κ1) is 20.3. The zero-order valence-corrected chi connectivity index (χ0v) is 16.5. The Labute approximate surface area is 167 Å². The molecule has 0 amide bonds. The third-order valence-corrected chi connectivity index (χ3v) is 4.01. The molecule has 7 nitrogen and oxygen atoms in total. The smallest absolute Gasteiger partial charge is 0.347 e. The monoisotopic (exact) mass is 398 g/mol. The van der Waals surface area contributed by atoms with Crippen molar-refractivity contribution < 1.29 is 28.2 Å². The summed E-state index contributed by atoms with van der Waals surface area (Å²) in [5.41, 5.74) is -0.0171. The van der Waals surface area contributed by atoms with Crippen molar-refractivity contribution in [3.05, 3.63) is 59.0 Å². The molecular formula is C22H22O7. The molecule has 1 aromatic heterocycles. The first-order chi connectivity index (χ1) is 14.0. The van der Waals surface area contributed by atoms with E-state index in [2.05, 4.69) is 0 Å². The highest BCUT2D eigenvalue weighted by atomic mass is 16.6. The van der Waals surface area contributed by atoms with Crippen molar-refractivity contribution in [3.63, 3.8) is 0 Å². The molecule has 0 spiro atoms. The van der Waals surface area contributed by atoms with Crippen molar-refractivity contribution in [1.82, 2.24) is 0 Å². The van der Waals surface area contributed by atoms with Crippen LogP contribution in [0.25, 0.3) is 11.0 Å².